The minimum Gasteiger partial charge on any atom is -0.384 e. The number of hydrogen-bond donors (Lipinski definition) is 2. The first-order valence-corrected chi connectivity index (χ1v) is 8.43. The van der Waals surface area contributed by atoms with Crippen LogP contribution in [-0.2, 0) is 0 Å². The molecule has 2 unspecified atom stereocenters. The Bertz CT molecular complexity index is 448. The summed E-state index contributed by atoms with van der Waals surface area (Å²) in [4.78, 5) is 6.97. The van der Waals surface area contributed by atoms with Crippen LogP contribution in [0.2, 0.25) is 0 Å². The maximum atomic E-state index is 4.35. The van der Waals surface area contributed by atoms with Crippen molar-refractivity contribution in [2.45, 2.75) is 63.6 Å². The minimum atomic E-state index is 0.597. The molecule has 0 radical (unpaired) electrons. The Morgan fingerprint density at radius 2 is 1.90 bits per heavy atom. The second-order valence-corrected chi connectivity index (χ2v) is 6.61. The number of anilines is 2. The number of nitrogens with one attached hydrogen (secondary N) is 2. The molecule has 2 aliphatic rings. The van der Waals surface area contributed by atoms with Crippen LogP contribution in [0.3, 0.4) is 0 Å². The van der Waals surface area contributed by atoms with Gasteiger partial charge in [-0.2, -0.15) is 0 Å². The van der Waals surface area contributed by atoms with Gasteiger partial charge in [0, 0.05) is 24.7 Å². The summed E-state index contributed by atoms with van der Waals surface area (Å²) >= 11 is 0. The third-order valence-corrected chi connectivity index (χ3v) is 5.03. The number of pyridine rings is 1. The van der Waals surface area contributed by atoms with Crippen LogP contribution in [0.5, 0.6) is 0 Å². The van der Waals surface area contributed by atoms with Gasteiger partial charge in [0.05, 0.1) is 23.8 Å². The fourth-order valence-corrected chi connectivity index (χ4v) is 3.85. The molecule has 2 fully saturated rings. The minimum absolute atomic E-state index is 0.597. The maximum Gasteiger partial charge on any atom is 0.0549 e. The van der Waals surface area contributed by atoms with Crippen molar-refractivity contribution in [3.05, 3.63) is 18.5 Å². The Kier molecular flexibility index (Phi) is 4.63. The first-order chi connectivity index (χ1) is 10.3. The molecule has 2 atom stereocenters. The average Bonchev–Trinajstić information content (AvgIpc) is 2.47. The molecule has 116 valence electrons. The molecule has 2 N–H and O–H groups in total. The second kappa shape index (κ2) is 6.65. The molecule has 21 heavy (non-hydrogen) atoms. The van der Waals surface area contributed by atoms with E-state index in [0.717, 1.165) is 36.4 Å². The van der Waals surface area contributed by atoms with Gasteiger partial charge >= 0.3 is 0 Å². The molecule has 3 rings (SSSR count). The van der Waals surface area contributed by atoms with Gasteiger partial charge in [0.2, 0.25) is 0 Å². The highest BCUT2D eigenvalue weighted by molar-refractivity contribution is 5.54. The third-order valence-electron chi connectivity index (χ3n) is 5.03. The van der Waals surface area contributed by atoms with Crippen LogP contribution < -0.4 is 10.6 Å². The van der Waals surface area contributed by atoms with Crippen molar-refractivity contribution in [3.8, 4) is 0 Å². The zero-order valence-corrected chi connectivity index (χ0v) is 13.3. The van der Waals surface area contributed by atoms with Crippen LogP contribution in [0, 0.1) is 0 Å². The predicted molar refractivity (Wildman–Crippen MR) is 88.9 cm³/mol. The first kappa shape index (κ1) is 14.6. The molecule has 0 aromatic carbocycles. The van der Waals surface area contributed by atoms with Gasteiger partial charge in [-0.15, -0.1) is 0 Å². The molecule has 0 saturated carbocycles. The summed E-state index contributed by atoms with van der Waals surface area (Å²) in [5, 5.41) is 7.13. The van der Waals surface area contributed by atoms with Crippen molar-refractivity contribution in [2.75, 3.05) is 24.2 Å². The molecule has 0 amide bonds. The smallest absolute Gasteiger partial charge is 0.0549 e. The molecule has 2 aliphatic heterocycles. The zero-order chi connectivity index (χ0) is 14.7. The first-order valence-electron chi connectivity index (χ1n) is 8.43. The molecule has 2 bridgehead atoms. The van der Waals surface area contributed by atoms with E-state index in [0.29, 0.717) is 6.04 Å². The van der Waals surface area contributed by atoms with Gasteiger partial charge in [-0.1, -0.05) is 13.3 Å². The molecule has 4 heteroatoms. The molecular formula is C17H28N4. The van der Waals surface area contributed by atoms with Gasteiger partial charge < -0.3 is 15.5 Å². The Labute approximate surface area is 128 Å². The van der Waals surface area contributed by atoms with E-state index in [1.54, 1.807) is 0 Å². The van der Waals surface area contributed by atoms with Crippen molar-refractivity contribution in [1.82, 2.24) is 9.88 Å². The second-order valence-electron chi connectivity index (χ2n) is 6.61. The Morgan fingerprint density at radius 1 is 1.19 bits per heavy atom. The summed E-state index contributed by atoms with van der Waals surface area (Å²) in [5.74, 6) is 0. The topological polar surface area (TPSA) is 40.2 Å². The normalized spacial score (nSPS) is 29.1. The highest BCUT2D eigenvalue weighted by atomic mass is 15.2. The summed E-state index contributed by atoms with van der Waals surface area (Å²) in [7, 11) is 2.31. The highest BCUT2D eigenvalue weighted by Gasteiger charge is 2.35. The average molecular weight is 288 g/mol. The van der Waals surface area contributed by atoms with Crippen molar-refractivity contribution >= 4 is 11.4 Å². The largest absolute Gasteiger partial charge is 0.384 e. The maximum absolute atomic E-state index is 4.35. The number of aromatic nitrogens is 1. The van der Waals surface area contributed by atoms with Gasteiger partial charge in [0.1, 0.15) is 0 Å². The Balaban J connectivity index is 1.61. The summed E-state index contributed by atoms with van der Waals surface area (Å²) in [6, 6.07) is 4.32. The molecule has 2 saturated heterocycles. The van der Waals surface area contributed by atoms with Gasteiger partial charge in [0.25, 0.3) is 0 Å². The zero-order valence-electron chi connectivity index (χ0n) is 13.3. The van der Waals surface area contributed by atoms with Gasteiger partial charge in [0.15, 0.2) is 0 Å². The molecule has 0 aliphatic carbocycles. The number of piperidine rings is 2. The van der Waals surface area contributed by atoms with Crippen molar-refractivity contribution in [1.29, 1.82) is 0 Å². The van der Waals surface area contributed by atoms with Crippen LogP contribution in [0.15, 0.2) is 18.5 Å². The molecule has 1 aromatic heterocycles. The van der Waals surface area contributed by atoms with Crippen LogP contribution in [0.4, 0.5) is 11.4 Å². The summed E-state index contributed by atoms with van der Waals surface area (Å²) < 4.78 is 0. The van der Waals surface area contributed by atoms with Crippen LogP contribution in [0.1, 0.15) is 45.4 Å². The van der Waals surface area contributed by atoms with E-state index in [2.05, 4.69) is 40.6 Å². The van der Waals surface area contributed by atoms with Crippen LogP contribution in [-0.4, -0.2) is 41.6 Å². The fraction of sp³-hybridized carbons (Fsp3) is 0.706. The van der Waals surface area contributed by atoms with E-state index in [9.17, 15) is 0 Å². The number of rotatable bonds is 5. The molecule has 0 spiro atoms. The van der Waals surface area contributed by atoms with E-state index in [1.165, 1.54) is 32.1 Å². The van der Waals surface area contributed by atoms with Gasteiger partial charge in [-0.3, -0.25) is 4.98 Å². The Hall–Kier alpha value is -1.29. The van der Waals surface area contributed by atoms with E-state index < -0.39 is 0 Å². The van der Waals surface area contributed by atoms with Crippen LogP contribution in [0.25, 0.3) is 0 Å². The fourth-order valence-electron chi connectivity index (χ4n) is 3.85. The lowest BCUT2D eigenvalue weighted by molar-refractivity contribution is 0.0608. The lowest BCUT2D eigenvalue weighted by Gasteiger charge is -2.47. The molecule has 1 aromatic rings. The van der Waals surface area contributed by atoms with Crippen molar-refractivity contribution in [3.63, 3.8) is 0 Å². The third kappa shape index (κ3) is 3.49. The number of fused-ring (bicyclic) bond motifs is 2. The molecule has 4 nitrogen and oxygen atoms in total. The van der Waals surface area contributed by atoms with E-state index in [-0.39, 0.29) is 0 Å². The van der Waals surface area contributed by atoms with Crippen molar-refractivity contribution < 1.29 is 0 Å². The summed E-state index contributed by atoms with van der Waals surface area (Å²) in [5.41, 5.74) is 2.28. The standard InChI is InChI=1S/C17H28N4/c1-3-7-19-14-8-15(12-18-11-14)20-13-9-16-5-4-6-17(10-13)21(16)2/h8,11-13,16-17,19-20H,3-7,9-10H2,1-2H3. The van der Waals surface area contributed by atoms with Crippen molar-refractivity contribution in [2.24, 2.45) is 0 Å². The van der Waals surface area contributed by atoms with E-state index >= 15 is 0 Å². The van der Waals surface area contributed by atoms with Gasteiger partial charge in [-0.25, -0.2) is 0 Å². The predicted octanol–water partition coefficient (Wildman–Crippen LogP) is 3.33. The van der Waals surface area contributed by atoms with Gasteiger partial charge in [-0.05, 0) is 45.2 Å². The monoisotopic (exact) mass is 288 g/mol. The SMILES string of the molecule is CCCNc1cncc(NC2CC3CCCC(C2)N3C)c1. The number of hydrogen-bond acceptors (Lipinski definition) is 4. The lowest BCUT2D eigenvalue weighted by atomic mass is 9.82. The summed E-state index contributed by atoms with van der Waals surface area (Å²) in [6.45, 7) is 3.18. The van der Waals surface area contributed by atoms with E-state index in [4.69, 9.17) is 0 Å². The Morgan fingerprint density at radius 3 is 2.62 bits per heavy atom. The summed E-state index contributed by atoms with van der Waals surface area (Å²) in [6.07, 6.45) is 11.7. The van der Waals surface area contributed by atoms with Crippen LogP contribution >= 0.6 is 0 Å². The quantitative estimate of drug-likeness (QED) is 0.872. The molecular weight excluding hydrogens is 260 g/mol. The highest BCUT2D eigenvalue weighted by Crippen LogP contribution is 2.33. The van der Waals surface area contributed by atoms with E-state index in [1.807, 2.05) is 12.4 Å². The lowest BCUT2D eigenvalue weighted by Crippen LogP contribution is -2.52. The molecule has 3 heterocycles. The number of nitrogens with zero attached hydrogens (tertiary/aromatic N) is 2.